The summed E-state index contributed by atoms with van der Waals surface area (Å²) in [5.41, 5.74) is 0.107. The lowest BCUT2D eigenvalue weighted by Gasteiger charge is -2.12. The molecule has 2 aromatic rings. The molecular formula is C16H20N2O6S. The third-order valence-corrected chi connectivity index (χ3v) is 4.30. The van der Waals surface area contributed by atoms with Crippen LogP contribution in [-0.4, -0.2) is 50.3 Å². The predicted octanol–water partition coefficient (Wildman–Crippen LogP) is 1.36. The van der Waals surface area contributed by atoms with Crippen molar-refractivity contribution in [1.82, 2.24) is 5.32 Å². The van der Waals surface area contributed by atoms with Gasteiger partial charge in [-0.15, -0.1) is 0 Å². The van der Waals surface area contributed by atoms with Crippen LogP contribution in [0, 0.1) is 0 Å². The van der Waals surface area contributed by atoms with Gasteiger partial charge in [0.05, 0.1) is 18.9 Å². The number of phenols is 1. The Kier molecular flexibility index (Phi) is 6.32. The minimum absolute atomic E-state index is 0.107. The van der Waals surface area contributed by atoms with E-state index in [1.54, 1.807) is 12.1 Å². The fraction of sp³-hybridized carbons (Fsp3) is 0.312. The van der Waals surface area contributed by atoms with Gasteiger partial charge in [-0.1, -0.05) is 24.3 Å². The molecule has 3 rings (SSSR count). The van der Waals surface area contributed by atoms with Crippen molar-refractivity contribution in [2.45, 2.75) is 11.8 Å². The molecule has 1 amide bonds. The van der Waals surface area contributed by atoms with Crippen molar-refractivity contribution in [1.29, 1.82) is 0 Å². The second kappa shape index (κ2) is 8.26. The maximum Gasteiger partial charge on any atom is 0.295 e. The second-order valence-corrected chi connectivity index (χ2v) is 6.72. The van der Waals surface area contributed by atoms with Gasteiger partial charge in [-0.05, 0) is 0 Å². The maximum atomic E-state index is 11.3. The molecule has 0 saturated carbocycles. The average Bonchev–Trinajstić information content (AvgIpc) is 2.58. The molecule has 136 valence electrons. The highest BCUT2D eigenvalue weighted by Gasteiger charge is 2.19. The van der Waals surface area contributed by atoms with E-state index >= 15 is 0 Å². The topological polar surface area (TPSA) is 125 Å². The lowest BCUT2D eigenvalue weighted by molar-refractivity contribution is -0.114. The first-order chi connectivity index (χ1) is 11.8. The van der Waals surface area contributed by atoms with Gasteiger partial charge in [-0.3, -0.25) is 9.35 Å². The fourth-order valence-electron chi connectivity index (χ4n) is 2.36. The van der Waals surface area contributed by atoms with Crippen LogP contribution in [-0.2, 0) is 19.6 Å². The molecule has 1 heterocycles. The molecule has 0 bridgehead atoms. The highest BCUT2D eigenvalue weighted by molar-refractivity contribution is 7.86. The molecule has 1 saturated heterocycles. The molecule has 9 heteroatoms. The number of anilines is 1. The zero-order valence-electron chi connectivity index (χ0n) is 13.7. The molecule has 1 fully saturated rings. The fourth-order valence-corrected chi connectivity index (χ4v) is 3.08. The Labute approximate surface area is 145 Å². The zero-order valence-corrected chi connectivity index (χ0v) is 14.5. The van der Waals surface area contributed by atoms with Gasteiger partial charge in [0, 0.05) is 36.9 Å². The largest absolute Gasteiger partial charge is 0.506 e. The zero-order chi connectivity index (χ0) is 18.4. The predicted molar refractivity (Wildman–Crippen MR) is 93.4 cm³/mol. The van der Waals surface area contributed by atoms with Gasteiger partial charge in [0.1, 0.15) is 10.6 Å². The number of fused-ring (bicyclic) bond motifs is 1. The van der Waals surface area contributed by atoms with Gasteiger partial charge in [0.25, 0.3) is 10.1 Å². The van der Waals surface area contributed by atoms with Crippen molar-refractivity contribution in [3.8, 4) is 5.75 Å². The Morgan fingerprint density at radius 2 is 1.80 bits per heavy atom. The molecule has 4 N–H and O–H groups in total. The van der Waals surface area contributed by atoms with E-state index in [1.807, 2.05) is 0 Å². The average molecular weight is 368 g/mol. The van der Waals surface area contributed by atoms with Gasteiger partial charge >= 0.3 is 0 Å². The number of phenolic OH excluding ortho intramolecular Hbond substituents is 1. The number of aromatic hydroxyl groups is 1. The van der Waals surface area contributed by atoms with Crippen LogP contribution in [0.4, 0.5) is 5.69 Å². The molecule has 2 aromatic carbocycles. The summed E-state index contributed by atoms with van der Waals surface area (Å²) in [4.78, 5) is 10.7. The summed E-state index contributed by atoms with van der Waals surface area (Å²) < 4.78 is 36.7. The second-order valence-electron chi connectivity index (χ2n) is 5.33. The molecule has 0 aliphatic carbocycles. The number of carbonyl (C=O) groups is 1. The van der Waals surface area contributed by atoms with E-state index in [2.05, 4.69) is 10.6 Å². The number of amides is 1. The maximum absolute atomic E-state index is 11.3. The summed E-state index contributed by atoms with van der Waals surface area (Å²) in [5, 5.41) is 15.9. The van der Waals surface area contributed by atoms with Crippen molar-refractivity contribution in [3.63, 3.8) is 0 Å². The minimum Gasteiger partial charge on any atom is -0.506 e. The molecule has 0 unspecified atom stereocenters. The Morgan fingerprint density at radius 1 is 1.20 bits per heavy atom. The van der Waals surface area contributed by atoms with E-state index in [9.17, 15) is 18.3 Å². The Hall–Kier alpha value is -2.20. The smallest absolute Gasteiger partial charge is 0.295 e. The lowest BCUT2D eigenvalue weighted by Crippen LogP contribution is -2.30. The summed E-state index contributed by atoms with van der Waals surface area (Å²) >= 11 is 0. The van der Waals surface area contributed by atoms with Crippen LogP contribution < -0.4 is 10.6 Å². The van der Waals surface area contributed by atoms with E-state index < -0.39 is 26.7 Å². The number of hydrogen-bond donors (Lipinski definition) is 4. The molecule has 25 heavy (non-hydrogen) atoms. The van der Waals surface area contributed by atoms with Gasteiger partial charge in [-0.2, -0.15) is 8.42 Å². The number of nitrogens with one attached hydrogen (secondary N) is 2. The van der Waals surface area contributed by atoms with Crippen LogP contribution in [0.15, 0.2) is 35.2 Å². The van der Waals surface area contributed by atoms with Crippen LogP contribution in [0.2, 0.25) is 0 Å². The third kappa shape index (κ3) is 5.13. The van der Waals surface area contributed by atoms with Crippen molar-refractivity contribution < 1.29 is 27.6 Å². The summed E-state index contributed by atoms with van der Waals surface area (Å²) in [6.45, 7) is 5.10. The highest BCUT2D eigenvalue weighted by atomic mass is 32.2. The van der Waals surface area contributed by atoms with Gasteiger partial charge < -0.3 is 20.5 Å². The summed E-state index contributed by atoms with van der Waals surface area (Å²) in [5.74, 6) is -0.832. The van der Waals surface area contributed by atoms with Crippen LogP contribution in [0.1, 0.15) is 6.92 Å². The summed E-state index contributed by atoms with van der Waals surface area (Å²) in [7, 11) is -4.47. The molecule has 1 aliphatic heterocycles. The molecule has 0 radical (unpaired) electrons. The number of hydrogen-bond acceptors (Lipinski definition) is 6. The highest BCUT2D eigenvalue weighted by Crippen LogP contribution is 2.36. The van der Waals surface area contributed by atoms with Gasteiger partial charge in [-0.25, -0.2) is 0 Å². The molecule has 8 nitrogen and oxygen atoms in total. The molecule has 0 aromatic heterocycles. The van der Waals surface area contributed by atoms with Crippen molar-refractivity contribution in [3.05, 3.63) is 30.3 Å². The van der Waals surface area contributed by atoms with Gasteiger partial charge in [0.2, 0.25) is 5.91 Å². The standard InChI is InChI=1S/C12H11NO5S.C4H9NO/c1-7(14)13-12-9-5-3-2-4-8(9)11(6-10(12)15)19(16,17)18;1-3-6-4-2-5-1/h2-6,15H,1H3,(H,13,14)(H,16,17,18);5H,1-4H2. The van der Waals surface area contributed by atoms with Crippen LogP contribution in [0.5, 0.6) is 5.75 Å². The molecule has 1 aliphatic rings. The van der Waals surface area contributed by atoms with E-state index in [0.29, 0.717) is 5.39 Å². The van der Waals surface area contributed by atoms with Crippen LogP contribution in [0.3, 0.4) is 0 Å². The first-order valence-electron chi connectivity index (χ1n) is 7.59. The van der Waals surface area contributed by atoms with E-state index in [0.717, 1.165) is 32.4 Å². The molecular weight excluding hydrogens is 348 g/mol. The first kappa shape index (κ1) is 19.1. The Balaban J connectivity index is 0.000000316. The van der Waals surface area contributed by atoms with Crippen LogP contribution in [0.25, 0.3) is 10.8 Å². The Morgan fingerprint density at radius 3 is 2.24 bits per heavy atom. The first-order valence-corrected chi connectivity index (χ1v) is 9.03. The molecule has 0 spiro atoms. The number of ether oxygens (including phenoxy) is 1. The van der Waals surface area contributed by atoms with E-state index in [-0.39, 0.29) is 11.1 Å². The minimum atomic E-state index is -4.47. The number of morpholine rings is 1. The quantitative estimate of drug-likeness (QED) is 0.466. The van der Waals surface area contributed by atoms with Crippen molar-refractivity contribution in [2.24, 2.45) is 0 Å². The van der Waals surface area contributed by atoms with Crippen LogP contribution >= 0.6 is 0 Å². The number of carbonyl (C=O) groups excluding carboxylic acids is 1. The third-order valence-electron chi connectivity index (χ3n) is 3.41. The molecule has 0 atom stereocenters. The summed E-state index contributed by atoms with van der Waals surface area (Å²) in [6, 6.07) is 7.13. The SMILES string of the molecule is C1COCCN1.CC(=O)Nc1c(O)cc(S(=O)(=O)O)c2ccccc12. The van der Waals surface area contributed by atoms with E-state index in [1.165, 1.54) is 19.1 Å². The lowest BCUT2D eigenvalue weighted by atomic mass is 10.1. The number of rotatable bonds is 2. The number of benzene rings is 2. The Bertz CT molecular complexity index is 851. The van der Waals surface area contributed by atoms with Crippen molar-refractivity contribution in [2.75, 3.05) is 31.6 Å². The normalized spacial score (nSPS) is 14.5. The monoisotopic (exact) mass is 368 g/mol. The van der Waals surface area contributed by atoms with E-state index in [4.69, 9.17) is 9.29 Å². The summed E-state index contributed by atoms with van der Waals surface area (Å²) in [6.07, 6.45) is 0. The van der Waals surface area contributed by atoms with Gasteiger partial charge in [0.15, 0.2) is 0 Å². The van der Waals surface area contributed by atoms with Crippen molar-refractivity contribution >= 4 is 32.5 Å².